The number of phenols is 1. The third kappa shape index (κ3) is 2.85. The Morgan fingerprint density at radius 2 is 2.18 bits per heavy atom. The number of H-pyrrole nitrogens is 1. The smallest absolute Gasteiger partial charge is 0.151 e. The number of hydrogen-bond donors (Lipinski definition) is 2. The van der Waals surface area contributed by atoms with Gasteiger partial charge in [-0.3, -0.25) is 0 Å². The van der Waals surface area contributed by atoms with Gasteiger partial charge in [0.05, 0.1) is 5.75 Å². The zero-order valence-electron chi connectivity index (χ0n) is 9.21. The Kier molecular flexibility index (Phi) is 2.89. The lowest BCUT2D eigenvalue weighted by Crippen LogP contribution is -2.02. The SMILES string of the molecule is CS(=O)(=O)Cc1cc(O)ccc1-c1ncc[nH]1. The van der Waals surface area contributed by atoms with Gasteiger partial charge in [-0.25, -0.2) is 13.4 Å². The molecule has 0 aliphatic carbocycles. The minimum absolute atomic E-state index is 0.0407. The minimum atomic E-state index is -3.16. The molecule has 0 saturated heterocycles. The van der Waals surface area contributed by atoms with Crippen molar-refractivity contribution < 1.29 is 13.5 Å². The van der Waals surface area contributed by atoms with Gasteiger partial charge in [-0.05, 0) is 23.8 Å². The number of benzene rings is 1. The van der Waals surface area contributed by atoms with Crippen LogP contribution in [0.1, 0.15) is 5.56 Å². The third-order valence-electron chi connectivity index (χ3n) is 2.26. The first-order valence-electron chi connectivity index (χ1n) is 4.95. The number of aromatic nitrogens is 2. The van der Waals surface area contributed by atoms with E-state index in [-0.39, 0.29) is 11.5 Å². The number of rotatable bonds is 3. The number of hydrogen-bond acceptors (Lipinski definition) is 4. The summed E-state index contributed by atoms with van der Waals surface area (Å²) < 4.78 is 22.6. The summed E-state index contributed by atoms with van der Waals surface area (Å²) in [5.41, 5.74) is 1.21. The molecule has 0 aliphatic rings. The van der Waals surface area contributed by atoms with E-state index in [1.807, 2.05) is 0 Å². The van der Waals surface area contributed by atoms with Crippen molar-refractivity contribution in [1.82, 2.24) is 9.97 Å². The van der Waals surface area contributed by atoms with Crippen LogP contribution in [0.4, 0.5) is 0 Å². The van der Waals surface area contributed by atoms with Gasteiger partial charge in [0.15, 0.2) is 9.84 Å². The van der Waals surface area contributed by atoms with E-state index in [1.165, 1.54) is 12.1 Å². The maximum atomic E-state index is 11.3. The highest BCUT2D eigenvalue weighted by atomic mass is 32.2. The summed E-state index contributed by atoms with van der Waals surface area (Å²) in [5, 5.41) is 9.41. The normalized spacial score (nSPS) is 11.6. The van der Waals surface area contributed by atoms with Crippen LogP contribution in [0, 0.1) is 0 Å². The van der Waals surface area contributed by atoms with Crippen molar-refractivity contribution in [2.24, 2.45) is 0 Å². The van der Waals surface area contributed by atoms with Crippen LogP contribution in [0.3, 0.4) is 0 Å². The molecule has 1 aromatic carbocycles. The van der Waals surface area contributed by atoms with E-state index in [0.717, 1.165) is 6.26 Å². The van der Waals surface area contributed by atoms with Crippen LogP contribution in [0.15, 0.2) is 30.6 Å². The summed E-state index contributed by atoms with van der Waals surface area (Å²) >= 11 is 0. The number of imidazole rings is 1. The highest BCUT2D eigenvalue weighted by molar-refractivity contribution is 7.89. The average Bonchev–Trinajstić information content (AvgIpc) is 2.68. The van der Waals surface area contributed by atoms with E-state index < -0.39 is 9.84 Å². The molecule has 2 rings (SSSR count). The predicted molar refractivity (Wildman–Crippen MR) is 64.2 cm³/mol. The standard InChI is InChI=1S/C11H12N2O3S/c1-17(15,16)7-8-6-9(14)2-3-10(8)11-12-4-5-13-11/h2-6,14H,7H2,1H3,(H,12,13). The molecule has 0 fully saturated rings. The second-order valence-corrected chi connectivity index (χ2v) is 5.99. The molecule has 1 heterocycles. The molecule has 2 aromatic rings. The van der Waals surface area contributed by atoms with Gasteiger partial charge >= 0.3 is 0 Å². The van der Waals surface area contributed by atoms with Gasteiger partial charge in [-0.2, -0.15) is 0 Å². The number of sulfone groups is 1. The van der Waals surface area contributed by atoms with Crippen LogP contribution in [0.5, 0.6) is 5.75 Å². The van der Waals surface area contributed by atoms with Crippen molar-refractivity contribution in [1.29, 1.82) is 0 Å². The maximum absolute atomic E-state index is 11.3. The highest BCUT2D eigenvalue weighted by Crippen LogP contribution is 2.25. The Balaban J connectivity index is 2.52. The van der Waals surface area contributed by atoms with Crippen LogP contribution >= 0.6 is 0 Å². The molecule has 90 valence electrons. The Morgan fingerprint density at radius 1 is 1.41 bits per heavy atom. The van der Waals surface area contributed by atoms with E-state index in [9.17, 15) is 13.5 Å². The largest absolute Gasteiger partial charge is 0.508 e. The van der Waals surface area contributed by atoms with E-state index >= 15 is 0 Å². The van der Waals surface area contributed by atoms with Crippen molar-refractivity contribution in [3.05, 3.63) is 36.2 Å². The van der Waals surface area contributed by atoms with Crippen molar-refractivity contribution in [3.63, 3.8) is 0 Å². The molecule has 6 heteroatoms. The van der Waals surface area contributed by atoms with E-state index in [2.05, 4.69) is 9.97 Å². The first kappa shape index (κ1) is 11.7. The summed E-state index contributed by atoms with van der Waals surface area (Å²) in [6.07, 6.45) is 4.40. The number of aromatic amines is 1. The van der Waals surface area contributed by atoms with E-state index in [1.54, 1.807) is 18.5 Å². The van der Waals surface area contributed by atoms with Gasteiger partial charge in [-0.1, -0.05) is 0 Å². The van der Waals surface area contributed by atoms with Gasteiger partial charge in [0, 0.05) is 24.2 Å². The minimum Gasteiger partial charge on any atom is -0.508 e. The predicted octanol–water partition coefficient (Wildman–Crippen LogP) is 1.33. The highest BCUT2D eigenvalue weighted by Gasteiger charge is 2.13. The van der Waals surface area contributed by atoms with Crippen molar-refractivity contribution >= 4 is 9.84 Å². The fourth-order valence-corrected chi connectivity index (χ4v) is 2.43. The number of nitrogens with one attached hydrogen (secondary N) is 1. The molecule has 1 aromatic heterocycles. The molecule has 0 saturated carbocycles. The summed E-state index contributed by atoms with van der Waals surface area (Å²) in [6.45, 7) is 0. The Bertz CT molecular complexity index is 618. The fraction of sp³-hybridized carbons (Fsp3) is 0.182. The quantitative estimate of drug-likeness (QED) is 0.863. The molecule has 0 aliphatic heterocycles. The summed E-state index contributed by atoms with van der Waals surface area (Å²) in [4.78, 5) is 6.99. The van der Waals surface area contributed by atoms with Crippen LogP contribution in [-0.2, 0) is 15.6 Å². The molecular formula is C11H12N2O3S. The van der Waals surface area contributed by atoms with Crippen LogP contribution < -0.4 is 0 Å². The number of aromatic hydroxyl groups is 1. The van der Waals surface area contributed by atoms with Gasteiger partial charge in [0.2, 0.25) is 0 Å². The van der Waals surface area contributed by atoms with Crippen molar-refractivity contribution in [3.8, 4) is 17.1 Å². The summed E-state index contributed by atoms with van der Waals surface area (Å²) in [7, 11) is -3.16. The molecular weight excluding hydrogens is 240 g/mol. The van der Waals surface area contributed by atoms with Gasteiger partial charge in [0.25, 0.3) is 0 Å². The van der Waals surface area contributed by atoms with Crippen LogP contribution in [0.2, 0.25) is 0 Å². The van der Waals surface area contributed by atoms with Crippen LogP contribution in [-0.4, -0.2) is 29.7 Å². The second-order valence-electron chi connectivity index (χ2n) is 3.85. The van der Waals surface area contributed by atoms with Gasteiger partial charge in [0.1, 0.15) is 11.6 Å². The third-order valence-corrected chi connectivity index (χ3v) is 3.10. The average molecular weight is 252 g/mol. The molecule has 0 amide bonds. The summed E-state index contributed by atoms with van der Waals surface area (Å²) in [6, 6.07) is 4.59. The Morgan fingerprint density at radius 3 is 2.76 bits per heavy atom. The van der Waals surface area contributed by atoms with E-state index in [0.29, 0.717) is 17.0 Å². The van der Waals surface area contributed by atoms with Crippen molar-refractivity contribution in [2.45, 2.75) is 5.75 Å². The lowest BCUT2D eigenvalue weighted by molar-refractivity contribution is 0.475. The zero-order chi connectivity index (χ0) is 12.5. The molecule has 0 radical (unpaired) electrons. The molecule has 17 heavy (non-hydrogen) atoms. The zero-order valence-corrected chi connectivity index (χ0v) is 10.0. The summed E-state index contributed by atoms with van der Waals surface area (Å²) in [5.74, 6) is 0.500. The lowest BCUT2D eigenvalue weighted by atomic mass is 10.1. The number of phenolic OH excluding ortho intramolecular Hbond substituents is 1. The maximum Gasteiger partial charge on any atom is 0.151 e. The van der Waals surface area contributed by atoms with Crippen LogP contribution in [0.25, 0.3) is 11.4 Å². The molecule has 0 atom stereocenters. The lowest BCUT2D eigenvalue weighted by Gasteiger charge is -2.07. The second kappa shape index (κ2) is 4.21. The molecule has 5 nitrogen and oxygen atoms in total. The van der Waals surface area contributed by atoms with Gasteiger partial charge in [-0.15, -0.1) is 0 Å². The van der Waals surface area contributed by atoms with Gasteiger partial charge < -0.3 is 10.1 Å². The molecule has 0 bridgehead atoms. The van der Waals surface area contributed by atoms with Crippen molar-refractivity contribution in [2.75, 3.05) is 6.26 Å². The monoisotopic (exact) mass is 252 g/mol. The molecule has 0 spiro atoms. The number of nitrogens with zero attached hydrogens (tertiary/aromatic N) is 1. The first-order chi connectivity index (χ1) is 7.96. The van der Waals surface area contributed by atoms with E-state index in [4.69, 9.17) is 0 Å². The fourth-order valence-electron chi connectivity index (χ4n) is 1.63. The Labute approximate surface area is 99.1 Å². The first-order valence-corrected chi connectivity index (χ1v) is 7.01. The molecule has 0 unspecified atom stereocenters. The Hall–Kier alpha value is -1.82. The topological polar surface area (TPSA) is 83.1 Å². The molecule has 2 N–H and O–H groups in total.